The molecule has 6 heteroatoms. The molecule has 3 rings (SSSR count). The molecule has 1 aliphatic heterocycles. The summed E-state index contributed by atoms with van der Waals surface area (Å²) in [4.78, 5) is 13.1. The van der Waals surface area contributed by atoms with Gasteiger partial charge in [0.05, 0.1) is 11.3 Å². The van der Waals surface area contributed by atoms with Gasteiger partial charge >= 0.3 is 6.09 Å². The van der Waals surface area contributed by atoms with Crippen LogP contribution in [0, 0.1) is 0 Å². The fourth-order valence-electron chi connectivity index (χ4n) is 2.05. The summed E-state index contributed by atoms with van der Waals surface area (Å²) in [7, 11) is 0. The van der Waals surface area contributed by atoms with Gasteiger partial charge in [-0.15, -0.1) is 0 Å². The molecule has 5 nitrogen and oxygen atoms in total. The molecule has 0 aliphatic carbocycles. The molecule has 1 amide bonds. The molecule has 0 atom stereocenters. The van der Waals surface area contributed by atoms with Gasteiger partial charge in [0.15, 0.2) is 0 Å². The van der Waals surface area contributed by atoms with E-state index >= 15 is 0 Å². The number of carbonyl (C=O) groups excluding carboxylic acids is 1. The van der Waals surface area contributed by atoms with Crippen LogP contribution in [-0.4, -0.2) is 48.2 Å². The van der Waals surface area contributed by atoms with Gasteiger partial charge in [-0.2, -0.15) is 4.37 Å². The van der Waals surface area contributed by atoms with Crippen LogP contribution in [0.2, 0.25) is 0 Å². The van der Waals surface area contributed by atoms with Crippen molar-refractivity contribution in [2.75, 3.05) is 32.8 Å². The molecule has 0 unspecified atom stereocenters. The minimum atomic E-state index is -0.157. The zero-order valence-corrected chi connectivity index (χ0v) is 13.8. The number of nitrogens with zero attached hydrogens (tertiary/aromatic N) is 2. The monoisotopic (exact) mass is 321 g/mol. The van der Waals surface area contributed by atoms with Crippen molar-refractivity contribution in [3.63, 3.8) is 0 Å². The van der Waals surface area contributed by atoms with Crippen molar-refractivity contribution in [1.82, 2.24) is 14.6 Å². The van der Waals surface area contributed by atoms with Crippen molar-refractivity contribution in [3.05, 3.63) is 30.5 Å². The van der Waals surface area contributed by atoms with Gasteiger partial charge in [-0.25, -0.2) is 4.79 Å². The number of benzene rings is 1. The number of hydrogen-bond donors (Lipinski definition) is 1. The first kappa shape index (κ1) is 16.7. The standard InChI is InChI=1S/C9H18N2O2.C7H5NS/c1-2-3-8-13-9(12)11-6-4-10-5-7-11;1-2-4-7-6(3-1)5-8-9-7/h10H,2-8H2,1H3;1-5H. The maximum absolute atomic E-state index is 11.3. The number of unbranched alkanes of at least 4 members (excludes halogenated alkanes) is 1. The van der Waals surface area contributed by atoms with E-state index in [2.05, 4.69) is 28.7 Å². The van der Waals surface area contributed by atoms with Crippen molar-refractivity contribution in [1.29, 1.82) is 0 Å². The third-order valence-corrected chi connectivity index (χ3v) is 4.14. The largest absolute Gasteiger partial charge is 0.449 e. The molecule has 0 bridgehead atoms. The van der Waals surface area contributed by atoms with Crippen molar-refractivity contribution in [2.24, 2.45) is 0 Å². The van der Waals surface area contributed by atoms with Gasteiger partial charge in [0.25, 0.3) is 0 Å². The van der Waals surface area contributed by atoms with E-state index in [1.165, 1.54) is 21.6 Å². The first-order valence-corrected chi connectivity index (χ1v) is 8.50. The highest BCUT2D eigenvalue weighted by Gasteiger charge is 2.16. The van der Waals surface area contributed by atoms with Crippen LogP contribution in [0.3, 0.4) is 0 Å². The topological polar surface area (TPSA) is 54.5 Å². The summed E-state index contributed by atoms with van der Waals surface area (Å²) < 4.78 is 10.4. The maximum atomic E-state index is 11.3. The summed E-state index contributed by atoms with van der Waals surface area (Å²) in [6.07, 6.45) is 3.75. The highest BCUT2D eigenvalue weighted by molar-refractivity contribution is 7.13. The second-order valence-electron chi connectivity index (χ2n) is 5.07. The Morgan fingerprint density at radius 1 is 1.36 bits per heavy atom. The number of aromatic nitrogens is 1. The average Bonchev–Trinajstić information content (AvgIpc) is 3.05. The number of piperazine rings is 1. The van der Waals surface area contributed by atoms with Gasteiger partial charge < -0.3 is 15.0 Å². The van der Waals surface area contributed by atoms with Crippen LogP contribution in [0.1, 0.15) is 19.8 Å². The summed E-state index contributed by atoms with van der Waals surface area (Å²) in [5.74, 6) is 0. The summed E-state index contributed by atoms with van der Waals surface area (Å²) in [6, 6.07) is 8.20. The van der Waals surface area contributed by atoms with Crippen LogP contribution in [0.4, 0.5) is 4.79 Å². The van der Waals surface area contributed by atoms with Crippen LogP contribution in [0.5, 0.6) is 0 Å². The summed E-state index contributed by atoms with van der Waals surface area (Å²) in [6.45, 7) is 5.93. The van der Waals surface area contributed by atoms with Crippen molar-refractivity contribution in [2.45, 2.75) is 19.8 Å². The number of rotatable bonds is 3. The van der Waals surface area contributed by atoms with E-state index in [0.717, 1.165) is 39.0 Å². The van der Waals surface area contributed by atoms with Gasteiger partial charge in [-0.3, -0.25) is 0 Å². The zero-order chi connectivity index (χ0) is 15.6. The molecule has 1 aromatic heterocycles. The molecule has 1 fully saturated rings. The number of fused-ring (bicyclic) bond motifs is 1. The first-order chi connectivity index (χ1) is 10.8. The Morgan fingerprint density at radius 2 is 2.14 bits per heavy atom. The highest BCUT2D eigenvalue weighted by Crippen LogP contribution is 2.15. The minimum absolute atomic E-state index is 0.157. The predicted octanol–water partition coefficient (Wildman–Crippen LogP) is 3.12. The second-order valence-corrected chi connectivity index (χ2v) is 5.90. The molecular weight excluding hydrogens is 298 g/mol. The number of carbonyl (C=O) groups is 1. The molecule has 1 aromatic carbocycles. The molecule has 0 spiro atoms. The second kappa shape index (κ2) is 9.38. The van der Waals surface area contributed by atoms with E-state index < -0.39 is 0 Å². The molecule has 1 aliphatic rings. The quantitative estimate of drug-likeness (QED) is 0.883. The lowest BCUT2D eigenvalue weighted by Gasteiger charge is -2.26. The lowest BCUT2D eigenvalue weighted by Crippen LogP contribution is -2.46. The number of nitrogens with one attached hydrogen (secondary N) is 1. The van der Waals surface area contributed by atoms with Crippen molar-refractivity contribution in [3.8, 4) is 0 Å². The smallest absolute Gasteiger partial charge is 0.409 e. The van der Waals surface area contributed by atoms with Crippen molar-refractivity contribution < 1.29 is 9.53 Å². The van der Waals surface area contributed by atoms with Crippen LogP contribution >= 0.6 is 11.5 Å². The van der Waals surface area contributed by atoms with E-state index in [4.69, 9.17) is 4.74 Å². The fraction of sp³-hybridized carbons (Fsp3) is 0.500. The Kier molecular flexibility index (Phi) is 7.12. The average molecular weight is 321 g/mol. The number of ether oxygens (including phenoxy) is 1. The Labute approximate surface area is 135 Å². The van der Waals surface area contributed by atoms with Gasteiger partial charge in [-0.1, -0.05) is 31.5 Å². The zero-order valence-electron chi connectivity index (χ0n) is 13.0. The van der Waals surface area contributed by atoms with Crippen molar-refractivity contribution >= 4 is 27.7 Å². The molecule has 1 N–H and O–H groups in total. The fourth-order valence-corrected chi connectivity index (χ4v) is 2.70. The van der Waals surface area contributed by atoms with E-state index in [1.54, 1.807) is 4.90 Å². The molecule has 0 saturated carbocycles. The van der Waals surface area contributed by atoms with Crippen LogP contribution in [0.15, 0.2) is 30.5 Å². The van der Waals surface area contributed by atoms with Crippen LogP contribution < -0.4 is 5.32 Å². The van der Waals surface area contributed by atoms with Crippen LogP contribution in [0.25, 0.3) is 10.1 Å². The molecule has 2 heterocycles. The SMILES string of the molecule is CCCCOC(=O)N1CCNCC1.c1ccc2sncc2c1. The van der Waals surface area contributed by atoms with Gasteiger partial charge in [0.2, 0.25) is 0 Å². The number of hydrogen-bond acceptors (Lipinski definition) is 5. The van der Waals surface area contributed by atoms with Gasteiger partial charge in [0.1, 0.15) is 0 Å². The van der Waals surface area contributed by atoms with Crippen LogP contribution in [-0.2, 0) is 4.74 Å². The summed E-state index contributed by atoms with van der Waals surface area (Å²) >= 11 is 1.54. The van der Waals surface area contributed by atoms with E-state index in [-0.39, 0.29) is 6.09 Å². The third kappa shape index (κ3) is 5.27. The summed E-state index contributed by atoms with van der Waals surface area (Å²) in [5.41, 5.74) is 0. The molecule has 0 radical (unpaired) electrons. The van der Waals surface area contributed by atoms with E-state index in [1.807, 2.05) is 18.3 Å². The molecule has 1 saturated heterocycles. The summed E-state index contributed by atoms with van der Waals surface area (Å²) in [5, 5.41) is 4.43. The van der Waals surface area contributed by atoms with Gasteiger partial charge in [-0.05, 0) is 24.0 Å². The Bertz CT molecular complexity index is 537. The minimum Gasteiger partial charge on any atom is -0.449 e. The van der Waals surface area contributed by atoms with E-state index in [0.29, 0.717) is 6.61 Å². The molecule has 2 aromatic rings. The first-order valence-electron chi connectivity index (χ1n) is 7.73. The predicted molar refractivity (Wildman–Crippen MR) is 90.3 cm³/mol. The third-order valence-electron chi connectivity index (χ3n) is 3.36. The lowest BCUT2D eigenvalue weighted by molar-refractivity contribution is 0.0965. The highest BCUT2D eigenvalue weighted by atomic mass is 32.1. The molecule has 22 heavy (non-hydrogen) atoms. The normalized spacial score (nSPS) is 14.3. The Morgan fingerprint density at radius 3 is 2.86 bits per heavy atom. The van der Waals surface area contributed by atoms with Gasteiger partial charge in [0, 0.05) is 37.8 Å². The van der Waals surface area contributed by atoms with E-state index in [9.17, 15) is 4.79 Å². The lowest BCUT2D eigenvalue weighted by atomic mass is 10.3. The maximum Gasteiger partial charge on any atom is 0.409 e. The number of amides is 1. The molecule has 120 valence electrons. The molecular formula is C16H23N3O2S. The Balaban J connectivity index is 0.000000170. The Hall–Kier alpha value is -1.66.